The molecule has 0 unspecified atom stereocenters. The van der Waals surface area contributed by atoms with Crippen LogP contribution in [0, 0.1) is 22.0 Å². The molecule has 3 heterocycles. The average molecular weight is 362 g/mol. The lowest BCUT2D eigenvalue weighted by Crippen LogP contribution is -2.34. The molecule has 5 rings (SSSR count). The molecule has 0 radical (unpaired) electrons. The molecular formula is C20H14N2O5. The fraction of sp³-hybridized carbons (Fsp3) is 0.200. The van der Waals surface area contributed by atoms with E-state index in [9.17, 15) is 19.7 Å². The lowest BCUT2D eigenvalue weighted by atomic mass is 9.85. The van der Waals surface area contributed by atoms with Crippen LogP contribution in [0.25, 0.3) is 11.1 Å². The van der Waals surface area contributed by atoms with Gasteiger partial charge in [-0.1, -0.05) is 24.3 Å². The van der Waals surface area contributed by atoms with Gasteiger partial charge in [0, 0.05) is 12.1 Å². The molecule has 0 N–H and O–H groups in total. The van der Waals surface area contributed by atoms with Gasteiger partial charge in [0.15, 0.2) is 0 Å². The van der Waals surface area contributed by atoms with E-state index >= 15 is 0 Å². The molecule has 3 aliphatic heterocycles. The van der Waals surface area contributed by atoms with Gasteiger partial charge in [0.05, 0.1) is 34.7 Å². The smallest absolute Gasteiger partial charge is 0.269 e. The van der Waals surface area contributed by atoms with Gasteiger partial charge in [0.1, 0.15) is 0 Å². The highest BCUT2D eigenvalue weighted by Crippen LogP contribution is 2.46. The molecule has 2 amide bonds. The lowest BCUT2D eigenvalue weighted by molar-refractivity contribution is -0.384. The minimum Gasteiger partial charge on any atom is -0.365 e. The second-order valence-electron chi connectivity index (χ2n) is 6.86. The molecule has 2 fully saturated rings. The third-order valence-corrected chi connectivity index (χ3v) is 5.45. The Labute approximate surface area is 154 Å². The summed E-state index contributed by atoms with van der Waals surface area (Å²) >= 11 is 0. The molecule has 0 aromatic heterocycles. The van der Waals surface area contributed by atoms with Crippen molar-refractivity contribution in [1.29, 1.82) is 0 Å². The van der Waals surface area contributed by atoms with Crippen LogP contribution >= 0.6 is 0 Å². The molecule has 7 nitrogen and oxygen atoms in total. The average Bonchev–Trinajstić information content (AvgIpc) is 3.36. The number of nitro benzene ring substituents is 1. The van der Waals surface area contributed by atoms with Crippen molar-refractivity contribution in [1.82, 2.24) is 0 Å². The molecule has 2 aromatic carbocycles. The highest BCUT2D eigenvalue weighted by molar-refractivity contribution is 6.23. The highest BCUT2D eigenvalue weighted by Gasteiger charge is 2.60. The van der Waals surface area contributed by atoms with Crippen molar-refractivity contribution >= 4 is 23.2 Å². The lowest BCUT2D eigenvalue weighted by Gasteiger charge is -2.18. The van der Waals surface area contributed by atoms with E-state index in [4.69, 9.17) is 4.74 Å². The summed E-state index contributed by atoms with van der Waals surface area (Å²) in [6.07, 6.45) is 3.11. The van der Waals surface area contributed by atoms with Gasteiger partial charge in [0.2, 0.25) is 11.8 Å². The molecule has 2 saturated heterocycles. The quantitative estimate of drug-likeness (QED) is 0.362. The van der Waals surface area contributed by atoms with Crippen LogP contribution in [-0.2, 0) is 14.3 Å². The summed E-state index contributed by atoms with van der Waals surface area (Å²) in [6, 6.07) is 13.3. The van der Waals surface area contributed by atoms with Gasteiger partial charge in [-0.2, -0.15) is 0 Å². The summed E-state index contributed by atoms with van der Waals surface area (Å²) in [6.45, 7) is 0. The number of benzene rings is 2. The largest absolute Gasteiger partial charge is 0.365 e. The van der Waals surface area contributed by atoms with Gasteiger partial charge in [0.25, 0.3) is 5.69 Å². The van der Waals surface area contributed by atoms with Gasteiger partial charge in [-0.25, -0.2) is 4.90 Å². The minimum atomic E-state index is -0.444. The maximum atomic E-state index is 12.8. The first-order chi connectivity index (χ1) is 13.0. The van der Waals surface area contributed by atoms with E-state index in [2.05, 4.69) is 0 Å². The van der Waals surface area contributed by atoms with Gasteiger partial charge >= 0.3 is 0 Å². The summed E-state index contributed by atoms with van der Waals surface area (Å²) in [4.78, 5) is 37.1. The number of anilines is 1. The molecule has 27 heavy (non-hydrogen) atoms. The van der Waals surface area contributed by atoms with E-state index in [0.717, 1.165) is 11.1 Å². The Balaban J connectivity index is 1.42. The zero-order valence-corrected chi connectivity index (χ0v) is 14.0. The van der Waals surface area contributed by atoms with Crippen LogP contribution in [0.2, 0.25) is 0 Å². The summed E-state index contributed by atoms with van der Waals surface area (Å²) in [5.74, 6) is -1.29. The number of nitrogens with zero attached hydrogens (tertiary/aromatic N) is 2. The Morgan fingerprint density at radius 2 is 1.30 bits per heavy atom. The van der Waals surface area contributed by atoms with Crippen LogP contribution in [0.15, 0.2) is 60.7 Å². The topological polar surface area (TPSA) is 89.8 Å². The van der Waals surface area contributed by atoms with E-state index in [-0.39, 0.29) is 29.7 Å². The minimum absolute atomic E-state index is 0.0284. The van der Waals surface area contributed by atoms with Crippen LogP contribution in [-0.4, -0.2) is 28.9 Å². The Morgan fingerprint density at radius 3 is 1.78 bits per heavy atom. The molecule has 3 aliphatic rings. The molecule has 2 aromatic rings. The number of hydrogen-bond acceptors (Lipinski definition) is 5. The van der Waals surface area contributed by atoms with E-state index in [1.54, 1.807) is 36.4 Å². The number of nitro groups is 1. The number of carbonyl (C=O) groups is 2. The first-order valence-corrected chi connectivity index (χ1v) is 8.61. The Hall–Kier alpha value is -3.32. The standard InChI is InChI=1S/C20H14N2O5/c23-19-17-15-9-10-16(27-15)18(17)20(24)21(19)13-5-1-11(2-6-13)12-3-7-14(8-4-12)22(25)26/h1-10,15-18H/t15-,16-,17-,18+/m1/s1. The molecular weight excluding hydrogens is 348 g/mol. The first kappa shape index (κ1) is 15.9. The van der Waals surface area contributed by atoms with E-state index < -0.39 is 16.8 Å². The Bertz CT molecular complexity index is 966. The summed E-state index contributed by atoms with van der Waals surface area (Å²) in [5.41, 5.74) is 2.22. The van der Waals surface area contributed by atoms with Crippen molar-refractivity contribution in [3.8, 4) is 11.1 Å². The molecule has 4 atom stereocenters. The molecule has 7 heteroatoms. The van der Waals surface area contributed by atoms with Crippen molar-refractivity contribution in [3.05, 3.63) is 70.8 Å². The molecule has 0 aliphatic carbocycles. The molecule has 2 bridgehead atoms. The van der Waals surface area contributed by atoms with Crippen LogP contribution < -0.4 is 4.90 Å². The zero-order valence-electron chi connectivity index (χ0n) is 14.0. The molecule has 0 saturated carbocycles. The van der Waals surface area contributed by atoms with Crippen LogP contribution in [0.1, 0.15) is 0 Å². The number of carbonyl (C=O) groups excluding carboxylic acids is 2. The van der Waals surface area contributed by atoms with Gasteiger partial charge in [-0.3, -0.25) is 19.7 Å². The summed E-state index contributed by atoms with van der Waals surface area (Å²) in [5, 5.41) is 10.8. The van der Waals surface area contributed by atoms with Gasteiger partial charge in [-0.05, 0) is 35.4 Å². The third kappa shape index (κ3) is 2.25. The summed E-state index contributed by atoms with van der Waals surface area (Å²) in [7, 11) is 0. The normalized spacial score (nSPS) is 28.1. The van der Waals surface area contributed by atoms with E-state index in [1.807, 2.05) is 12.2 Å². The van der Waals surface area contributed by atoms with Crippen molar-refractivity contribution in [2.45, 2.75) is 12.2 Å². The number of fused-ring (bicyclic) bond motifs is 5. The van der Waals surface area contributed by atoms with Crippen molar-refractivity contribution in [3.63, 3.8) is 0 Å². The monoisotopic (exact) mass is 362 g/mol. The molecule has 134 valence electrons. The fourth-order valence-electron chi connectivity index (χ4n) is 4.14. The van der Waals surface area contributed by atoms with Gasteiger partial charge in [-0.15, -0.1) is 0 Å². The molecule has 0 spiro atoms. The second-order valence-corrected chi connectivity index (χ2v) is 6.86. The van der Waals surface area contributed by atoms with Crippen molar-refractivity contribution < 1.29 is 19.2 Å². The maximum absolute atomic E-state index is 12.8. The predicted octanol–water partition coefficient (Wildman–Crippen LogP) is 2.70. The third-order valence-electron chi connectivity index (χ3n) is 5.45. The van der Waals surface area contributed by atoms with Crippen LogP contribution in [0.5, 0.6) is 0 Å². The van der Waals surface area contributed by atoms with Crippen LogP contribution in [0.3, 0.4) is 0 Å². The maximum Gasteiger partial charge on any atom is 0.269 e. The number of amides is 2. The number of ether oxygens (including phenoxy) is 1. The first-order valence-electron chi connectivity index (χ1n) is 8.61. The summed E-state index contributed by atoms with van der Waals surface area (Å²) < 4.78 is 5.64. The van der Waals surface area contributed by atoms with E-state index in [0.29, 0.717) is 5.69 Å². The Kier molecular flexibility index (Phi) is 3.29. The zero-order chi connectivity index (χ0) is 18.7. The number of imide groups is 1. The number of non-ortho nitro benzene ring substituents is 1. The van der Waals surface area contributed by atoms with Gasteiger partial charge < -0.3 is 4.74 Å². The second kappa shape index (κ2) is 5.59. The number of hydrogen-bond donors (Lipinski definition) is 0. The highest BCUT2D eigenvalue weighted by atomic mass is 16.6. The van der Waals surface area contributed by atoms with Crippen molar-refractivity contribution in [2.24, 2.45) is 11.8 Å². The fourth-order valence-corrected chi connectivity index (χ4v) is 4.14. The SMILES string of the molecule is O=C1[C@@H]2[C@H](C(=O)N1c1ccc(-c3ccc([N+](=O)[O-])cc3)cc1)[C@H]1C=C[C@H]2O1. The van der Waals surface area contributed by atoms with Crippen molar-refractivity contribution in [2.75, 3.05) is 4.90 Å². The predicted molar refractivity (Wildman–Crippen MR) is 95.8 cm³/mol. The number of rotatable bonds is 3. The van der Waals surface area contributed by atoms with E-state index in [1.165, 1.54) is 17.0 Å². The Morgan fingerprint density at radius 1 is 0.815 bits per heavy atom. The van der Waals surface area contributed by atoms with Crippen LogP contribution in [0.4, 0.5) is 11.4 Å².